The van der Waals surface area contributed by atoms with Gasteiger partial charge >= 0.3 is 6.09 Å². The normalized spacial score (nSPS) is 17.8. The zero-order chi connectivity index (χ0) is 17.3. The summed E-state index contributed by atoms with van der Waals surface area (Å²) in [6.45, 7) is 10.6. The number of rotatable bonds is 8. The highest BCUT2D eigenvalue weighted by molar-refractivity contribution is 5.68. The molecule has 1 aliphatic rings. The molecule has 1 saturated carbocycles. The monoisotopic (exact) mass is 327 g/mol. The van der Waals surface area contributed by atoms with Crippen LogP contribution in [0.4, 0.5) is 4.79 Å². The summed E-state index contributed by atoms with van der Waals surface area (Å²) in [4.78, 5) is 14.0. The lowest BCUT2D eigenvalue weighted by Gasteiger charge is -2.31. The molecule has 0 spiro atoms. The predicted molar refractivity (Wildman–Crippen MR) is 95.5 cm³/mol. The van der Waals surface area contributed by atoms with Crippen LogP contribution in [0.3, 0.4) is 0 Å². The fourth-order valence-electron chi connectivity index (χ4n) is 3.25. The molecule has 0 aliphatic heterocycles. The van der Waals surface area contributed by atoms with Crippen molar-refractivity contribution in [1.82, 2.24) is 10.2 Å². The van der Waals surface area contributed by atoms with Gasteiger partial charge in [-0.2, -0.15) is 0 Å². The molecule has 1 rings (SSSR count). The SMILES string of the molecule is CCCN(CCNC(CN)C1CCCCC1)C(=O)OC(C)(C)C. The minimum absolute atomic E-state index is 0.219. The molecular weight excluding hydrogens is 290 g/mol. The lowest BCUT2D eigenvalue weighted by molar-refractivity contribution is 0.0249. The molecular formula is C18H37N3O2. The molecule has 1 fully saturated rings. The quantitative estimate of drug-likeness (QED) is 0.719. The molecule has 5 heteroatoms. The Balaban J connectivity index is 2.42. The highest BCUT2D eigenvalue weighted by atomic mass is 16.6. The van der Waals surface area contributed by atoms with Gasteiger partial charge in [0, 0.05) is 32.2 Å². The molecule has 23 heavy (non-hydrogen) atoms. The van der Waals surface area contributed by atoms with E-state index in [1.54, 1.807) is 4.90 Å². The van der Waals surface area contributed by atoms with Crippen molar-refractivity contribution in [2.75, 3.05) is 26.2 Å². The maximum atomic E-state index is 12.2. The molecule has 0 aromatic rings. The summed E-state index contributed by atoms with van der Waals surface area (Å²) in [5, 5.41) is 3.57. The van der Waals surface area contributed by atoms with E-state index in [2.05, 4.69) is 12.2 Å². The molecule has 1 amide bonds. The molecule has 0 saturated heterocycles. The molecule has 0 aromatic heterocycles. The Labute approximate surface area is 142 Å². The van der Waals surface area contributed by atoms with Gasteiger partial charge in [-0.3, -0.25) is 0 Å². The number of hydrogen-bond donors (Lipinski definition) is 2. The van der Waals surface area contributed by atoms with Crippen LogP contribution < -0.4 is 11.1 Å². The Hall–Kier alpha value is -0.810. The van der Waals surface area contributed by atoms with Gasteiger partial charge in [-0.05, 0) is 46.0 Å². The van der Waals surface area contributed by atoms with E-state index >= 15 is 0 Å². The van der Waals surface area contributed by atoms with E-state index in [9.17, 15) is 4.79 Å². The Bertz CT molecular complexity index is 336. The van der Waals surface area contributed by atoms with E-state index < -0.39 is 5.60 Å². The Morgan fingerprint density at radius 3 is 2.43 bits per heavy atom. The van der Waals surface area contributed by atoms with Crippen LogP contribution in [0.2, 0.25) is 0 Å². The van der Waals surface area contributed by atoms with Crippen molar-refractivity contribution in [3.05, 3.63) is 0 Å². The lowest BCUT2D eigenvalue weighted by atomic mass is 9.84. The molecule has 0 radical (unpaired) electrons. The second-order valence-electron chi connectivity index (χ2n) is 7.66. The van der Waals surface area contributed by atoms with Crippen molar-refractivity contribution < 1.29 is 9.53 Å². The Morgan fingerprint density at radius 2 is 1.91 bits per heavy atom. The van der Waals surface area contributed by atoms with Crippen LogP contribution >= 0.6 is 0 Å². The lowest BCUT2D eigenvalue weighted by Crippen LogP contribution is -2.47. The van der Waals surface area contributed by atoms with E-state index in [1.807, 2.05) is 20.8 Å². The first-order chi connectivity index (χ1) is 10.9. The van der Waals surface area contributed by atoms with E-state index in [0.29, 0.717) is 25.0 Å². The van der Waals surface area contributed by atoms with E-state index in [-0.39, 0.29) is 6.09 Å². The molecule has 1 atom stereocenters. The van der Waals surface area contributed by atoms with Gasteiger partial charge in [-0.15, -0.1) is 0 Å². The zero-order valence-electron chi connectivity index (χ0n) is 15.6. The summed E-state index contributed by atoms with van der Waals surface area (Å²) in [6.07, 6.45) is 7.27. The third kappa shape index (κ3) is 8.02. The van der Waals surface area contributed by atoms with E-state index in [1.165, 1.54) is 32.1 Å². The first-order valence-electron chi connectivity index (χ1n) is 9.28. The summed E-state index contributed by atoms with van der Waals surface area (Å²) >= 11 is 0. The maximum absolute atomic E-state index is 12.2. The second kappa shape index (κ2) is 10.1. The van der Waals surface area contributed by atoms with Gasteiger partial charge < -0.3 is 20.7 Å². The van der Waals surface area contributed by atoms with Crippen LogP contribution in [-0.2, 0) is 4.74 Å². The first kappa shape index (κ1) is 20.2. The van der Waals surface area contributed by atoms with Crippen LogP contribution in [0, 0.1) is 5.92 Å². The largest absolute Gasteiger partial charge is 0.444 e. The van der Waals surface area contributed by atoms with Gasteiger partial charge in [0.1, 0.15) is 5.60 Å². The number of ether oxygens (including phenoxy) is 1. The molecule has 0 heterocycles. The molecule has 0 bridgehead atoms. The van der Waals surface area contributed by atoms with Gasteiger partial charge in [-0.1, -0.05) is 26.2 Å². The minimum Gasteiger partial charge on any atom is -0.444 e. The number of carbonyl (C=O) groups excluding carboxylic acids is 1. The topological polar surface area (TPSA) is 67.6 Å². The summed E-state index contributed by atoms with van der Waals surface area (Å²) < 4.78 is 5.49. The Kier molecular flexibility index (Phi) is 8.92. The first-order valence-corrected chi connectivity index (χ1v) is 9.28. The smallest absolute Gasteiger partial charge is 0.410 e. The number of carbonyl (C=O) groups is 1. The van der Waals surface area contributed by atoms with Crippen molar-refractivity contribution in [1.29, 1.82) is 0 Å². The third-order valence-electron chi connectivity index (χ3n) is 4.41. The van der Waals surface area contributed by atoms with Gasteiger partial charge in [0.05, 0.1) is 0 Å². The van der Waals surface area contributed by atoms with Gasteiger partial charge in [-0.25, -0.2) is 4.79 Å². The molecule has 136 valence electrons. The van der Waals surface area contributed by atoms with E-state index in [4.69, 9.17) is 10.5 Å². The highest BCUT2D eigenvalue weighted by Crippen LogP contribution is 2.26. The number of hydrogen-bond acceptors (Lipinski definition) is 4. The van der Waals surface area contributed by atoms with Crippen molar-refractivity contribution >= 4 is 6.09 Å². The second-order valence-corrected chi connectivity index (χ2v) is 7.66. The summed E-state index contributed by atoms with van der Waals surface area (Å²) in [5.41, 5.74) is 5.51. The molecule has 3 N–H and O–H groups in total. The molecule has 5 nitrogen and oxygen atoms in total. The fourth-order valence-corrected chi connectivity index (χ4v) is 3.25. The highest BCUT2D eigenvalue weighted by Gasteiger charge is 2.24. The van der Waals surface area contributed by atoms with Crippen LogP contribution in [0.15, 0.2) is 0 Å². The summed E-state index contributed by atoms with van der Waals surface area (Å²) in [6, 6.07) is 0.373. The van der Waals surface area contributed by atoms with Crippen LogP contribution in [0.5, 0.6) is 0 Å². The fraction of sp³-hybridized carbons (Fsp3) is 0.944. The van der Waals surface area contributed by atoms with Crippen LogP contribution in [-0.4, -0.2) is 48.8 Å². The summed E-state index contributed by atoms with van der Waals surface area (Å²) in [5.74, 6) is 0.690. The average molecular weight is 328 g/mol. The zero-order valence-corrected chi connectivity index (χ0v) is 15.6. The van der Waals surface area contributed by atoms with Crippen LogP contribution in [0.1, 0.15) is 66.2 Å². The van der Waals surface area contributed by atoms with Crippen molar-refractivity contribution in [3.63, 3.8) is 0 Å². The van der Waals surface area contributed by atoms with Gasteiger partial charge in [0.2, 0.25) is 0 Å². The molecule has 1 unspecified atom stereocenters. The van der Waals surface area contributed by atoms with Crippen molar-refractivity contribution in [2.45, 2.75) is 77.9 Å². The van der Waals surface area contributed by atoms with Gasteiger partial charge in [0.15, 0.2) is 0 Å². The third-order valence-corrected chi connectivity index (χ3v) is 4.41. The number of nitrogens with one attached hydrogen (secondary N) is 1. The van der Waals surface area contributed by atoms with Crippen molar-refractivity contribution in [2.24, 2.45) is 11.7 Å². The molecule has 1 aliphatic carbocycles. The van der Waals surface area contributed by atoms with E-state index in [0.717, 1.165) is 19.5 Å². The minimum atomic E-state index is -0.446. The Morgan fingerprint density at radius 1 is 1.26 bits per heavy atom. The number of nitrogens with two attached hydrogens (primary N) is 1. The number of nitrogens with zero attached hydrogens (tertiary/aromatic N) is 1. The predicted octanol–water partition coefficient (Wildman–Crippen LogP) is 3.13. The number of amides is 1. The van der Waals surface area contributed by atoms with Gasteiger partial charge in [0.25, 0.3) is 0 Å². The molecule has 0 aromatic carbocycles. The maximum Gasteiger partial charge on any atom is 0.410 e. The average Bonchev–Trinajstić information content (AvgIpc) is 2.49. The standard InChI is InChI=1S/C18H37N3O2/c1-5-12-21(17(22)23-18(2,3)4)13-11-20-16(14-19)15-9-7-6-8-10-15/h15-16,20H,5-14,19H2,1-4H3. The van der Waals surface area contributed by atoms with Crippen molar-refractivity contribution in [3.8, 4) is 0 Å². The summed E-state index contributed by atoms with van der Waals surface area (Å²) in [7, 11) is 0. The van der Waals surface area contributed by atoms with Crippen LogP contribution in [0.25, 0.3) is 0 Å².